The average Bonchev–Trinajstić information content (AvgIpc) is 2.75. The van der Waals surface area contributed by atoms with Gasteiger partial charge in [0.05, 0.1) is 19.4 Å². The topological polar surface area (TPSA) is 80.2 Å². The Morgan fingerprint density at radius 3 is 2.63 bits per heavy atom. The zero-order valence-corrected chi connectivity index (χ0v) is 17.4. The number of carbonyl (C=O) groups excluding carboxylic acids is 2. The van der Waals surface area contributed by atoms with Gasteiger partial charge in [-0.25, -0.2) is 0 Å². The summed E-state index contributed by atoms with van der Waals surface area (Å²) in [7, 11) is 0. The number of hydrogen-bond acceptors (Lipinski definition) is 6. The van der Waals surface area contributed by atoms with E-state index in [4.69, 9.17) is 9.57 Å². The molecule has 7 heteroatoms. The number of nitrogens with zero attached hydrogens (tertiary/aromatic N) is 2. The first-order chi connectivity index (χ1) is 14.6. The van der Waals surface area contributed by atoms with Gasteiger partial charge in [0, 0.05) is 24.3 Å². The second kappa shape index (κ2) is 10.5. The molecule has 0 unspecified atom stereocenters. The van der Waals surface area contributed by atoms with E-state index in [9.17, 15) is 9.59 Å². The molecule has 158 valence electrons. The Bertz CT molecular complexity index is 909. The van der Waals surface area contributed by atoms with Crippen molar-refractivity contribution in [2.45, 2.75) is 26.8 Å². The number of hydrogen-bond donors (Lipinski definition) is 1. The number of nitrogens with one attached hydrogen (secondary N) is 1. The average molecular weight is 409 g/mol. The highest BCUT2D eigenvalue weighted by atomic mass is 16.6. The first-order valence-corrected chi connectivity index (χ1v) is 10.2. The van der Waals surface area contributed by atoms with Gasteiger partial charge in [0.2, 0.25) is 0 Å². The first kappa shape index (κ1) is 21.5. The van der Waals surface area contributed by atoms with E-state index < -0.39 is 0 Å². The van der Waals surface area contributed by atoms with Crippen molar-refractivity contribution in [1.29, 1.82) is 0 Å². The fourth-order valence-electron chi connectivity index (χ4n) is 3.31. The van der Waals surface area contributed by atoms with Gasteiger partial charge in [-0.2, -0.15) is 0 Å². The number of ether oxygens (including phenoxy) is 1. The molecule has 0 saturated heterocycles. The Hall–Kier alpha value is -3.19. The summed E-state index contributed by atoms with van der Waals surface area (Å²) in [6.07, 6.45) is 2.47. The molecule has 1 aliphatic rings. The van der Waals surface area contributed by atoms with E-state index in [1.807, 2.05) is 54.3 Å². The molecule has 7 nitrogen and oxygen atoms in total. The molecular formula is C23H27N3O4. The highest BCUT2D eigenvalue weighted by Gasteiger charge is 2.20. The Labute approximate surface area is 176 Å². The number of benzene rings is 2. The molecule has 1 heterocycles. The van der Waals surface area contributed by atoms with Crippen molar-refractivity contribution in [2.24, 2.45) is 5.16 Å². The standard InChI is InChI=1S/C23H27N3O4/c1-3-29-22(27)16-26-12-11-18-7-8-19(13-20(18)15-26)23(28)25-21-9-5-17(6-10-21)14-24-30-4-2/h5-10,13-14H,3-4,11-12,15-16H2,1-2H3,(H,25,28). The van der Waals surface area contributed by atoms with Gasteiger partial charge in [0.1, 0.15) is 6.61 Å². The van der Waals surface area contributed by atoms with Crippen LogP contribution in [-0.2, 0) is 27.3 Å². The maximum atomic E-state index is 12.7. The van der Waals surface area contributed by atoms with Crippen molar-refractivity contribution in [1.82, 2.24) is 4.90 Å². The first-order valence-electron chi connectivity index (χ1n) is 10.2. The fourth-order valence-corrected chi connectivity index (χ4v) is 3.31. The van der Waals surface area contributed by atoms with E-state index in [0.29, 0.717) is 31.0 Å². The fraction of sp³-hybridized carbons (Fsp3) is 0.348. The van der Waals surface area contributed by atoms with E-state index in [-0.39, 0.29) is 18.4 Å². The zero-order chi connectivity index (χ0) is 21.3. The lowest BCUT2D eigenvalue weighted by Gasteiger charge is -2.28. The Kier molecular flexibility index (Phi) is 7.57. The van der Waals surface area contributed by atoms with Gasteiger partial charge < -0.3 is 14.9 Å². The Morgan fingerprint density at radius 1 is 1.10 bits per heavy atom. The maximum absolute atomic E-state index is 12.7. The largest absolute Gasteiger partial charge is 0.465 e. The van der Waals surface area contributed by atoms with Gasteiger partial charge in [-0.1, -0.05) is 23.4 Å². The predicted molar refractivity (Wildman–Crippen MR) is 116 cm³/mol. The molecule has 1 N–H and O–H groups in total. The van der Waals surface area contributed by atoms with Crippen molar-refractivity contribution >= 4 is 23.8 Å². The summed E-state index contributed by atoms with van der Waals surface area (Å²) in [4.78, 5) is 31.4. The summed E-state index contributed by atoms with van der Waals surface area (Å²) in [6, 6.07) is 13.1. The van der Waals surface area contributed by atoms with Gasteiger partial charge in [0.15, 0.2) is 0 Å². The SMILES string of the molecule is CCON=Cc1ccc(NC(=O)c2ccc3c(c2)CN(CC(=O)OCC)CC3)cc1. The van der Waals surface area contributed by atoms with Crippen LogP contribution >= 0.6 is 0 Å². The molecule has 0 saturated carbocycles. The molecule has 0 radical (unpaired) electrons. The van der Waals surface area contributed by atoms with Gasteiger partial charge in [0.25, 0.3) is 5.91 Å². The highest BCUT2D eigenvalue weighted by molar-refractivity contribution is 6.04. The van der Waals surface area contributed by atoms with Crippen LogP contribution in [0.5, 0.6) is 0 Å². The molecule has 0 atom stereocenters. The predicted octanol–water partition coefficient (Wildman–Crippen LogP) is 3.23. The van der Waals surface area contributed by atoms with Crippen LogP contribution < -0.4 is 5.32 Å². The van der Waals surface area contributed by atoms with Crippen molar-refractivity contribution in [3.8, 4) is 0 Å². The van der Waals surface area contributed by atoms with Crippen LogP contribution in [0.3, 0.4) is 0 Å². The Balaban J connectivity index is 1.63. The van der Waals surface area contributed by atoms with Crippen molar-refractivity contribution in [3.63, 3.8) is 0 Å². The number of carbonyl (C=O) groups is 2. The van der Waals surface area contributed by atoms with Gasteiger partial charge in [-0.3, -0.25) is 14.5 Å². The molecule has 0 aliphatic carbocycles. The van der Waals surface area contributed by atoms with Crippen LogP contribution in [0, 0.1) is 0 Å². The maximum Gasteiger partial charge on any atom is 0.320 e. The summed E-state index contributed by atoms with van der Waals surface area (Å²) >= 11 is 0. The lowest BCUT2D eigenvalue weighted by molar-refractivity contribution is -0.144. The monoisotopic (exact) mass is 409 g/mol. The van der Waals surface area contributed by atoms with Crippen LogP contribution in [0.2, 0.25) is 0 Å². The van der Waals surface area contributed by atoms with Gasteiger partial charge in [-0.15, -0.1) is 0 Å². The minimum Gasteiger partial charge on any atom is -0.465 e. The van der Waals surface area contributed by atoms with Crippen LogP contribution in [0.25, 0.3) is 0 Å². The van der Waals surface area contributed by atoms with E-state index in [0.717, 1.165) is 24.1 Å². The van der Waals surface area contributed by atoms with Crippen LogP contribution in [0.15, 0.2) is 47.6 Å². The van der Waals surface area contributed by atoms with Crippen molar-refractivity contribution in [3.05, 3.63) is 64.7 Å². The number of rotatable bonds is 8. The summed E-state index contributed by atoms with van der Waals surface area (Å²) in [5.74, 6) is -0.388. The number of esters is 1. The number of amides is 1. The smallest absolute Gasteiger partial charge is 0.320 e. The zero-order valence-electron chi connectivity index (χ0n) is 17.4. The second-order valence-corrected chi connectivity index (χ2v) is 6.98. The number of oxime groups is 1. The van der Waals surface area contributed by atoms with Crippen LogP contribution in [0.1, 0.15) is 40.9 Å². The van der Waals surface area contributed by atoms with E-state index in [1.165, 1.54) is 5.56 Å². The molecule has 0 aromatic heterocycles. The summed E-state index contributed by atoms with van der Waals surface area (Å²) in [5, 5.41) is 6.75. The second-order valence-electron chi connectivity index (χ2n) is 6.98. The van der Waals surface area contributed by atoms with Crippen molar-refractivity contribution < 1.29 is 19.2 Å². The van der Waals surface area contributed by atoms with Gasteiger partial charge >= 0.3 is 5.97 Å². The molecule has 0 spiro atoms. The van der Waals surface area contributed by atoms with Crippen LogP contribution in [-0.4, -0.2) is 49.3 Å². The lowest BCUT2D eigenvalue weighted by Crippen LogP contribution is -2.35. The van der Waals surface area contributed by atoms with Crippen molar-refractivity contribution in [2.75, 3.05) is 31.6 Å². The third-order valence-electron chi connectivity index (χ3n) is 4.79. The van der Waals surface area contributed by atoms with Crippen LogP contribution in [0.4, 0.5) is 5.69 Å². The molecule has 0 fully saturated rings. The molecule has 1 amide bonds. The van der Waals surface area contributed by atoms with E-state index >= 15 is 0 Å². The van der Waals surface area contributed by atoms with Gasteiger partial charge in [-0.05, 0) is 61.2 Å². The molecule has 2 aromatic carbocycles. The number of fused-ring (bicyclic) bond motifs is 1. The third kappa shape index (κ3) is 5.90. The Morgan fingerprint density at radius 2 is 1.90 bits per heavy atom. The minimum atomic E-state index is -0.218. The highest BCUT2D eigenvalue weighted by Crippen LogP contribution is 2.21. The molecule has 2 aromatic rings. The summed E-state index contributed by atoms with van der Waals surface area (Å²) in [5.41, 5.74) is 4.46. The third-order valence-corrected chi connectivity index (χ3v) is 4.79. The summed E-state index contributed by atoms with van der Waals surface area (Å²) in [6.45, 7) is 6.27. The number of anilines is 1. The van der Waals surface area contributed by atoms with E-state index in [1.54, 1.807) is 13.1 Å². The minimum absolute atomic E-state index is 0.170. The lowest BCUT2D eigenvalue weighted by atomic mass is 9.97. The molecule has 30 heavy (non-hydrogen) atoms. The molecule has 0 bridgehead atoms. The normalized spacial score (nSPS) is 13.7. The molecule has 1 aliphatic heterocycles. The molecular weight excluding hydrogens is 382 g/mol. The molecule has 3 rings (SSSR count). The van der Waals surface area contributed by atoms with E-state index in [2.05, 4.69) is 10.5 Å². The quantitative estimate of drug-likeness (QED) is 0.411. The summed E-state index contributed by atoms with van der Waals surface area (Å²) < 4.78 is 5.04.